The maximum absolute atomic E-state index is 12.3. The summed E-state index contributed by atoms with van der Waals surface area (Å²) in [6, 6.07) is 0. The van der Waals surface area contributed by atoms with Crippen LogP contribution in [0.4, 0.5) is 0 Å². The summed E-state index contributed by atoms with van der Waals surface area (Å²) >= 11 is 0. The number of aliphatic hydroxyl groups excluding tert-OH is 1. The van der Waals surface area contributed by atoms with E-state index in [1.807, 2.05) is 0 Å². The molecule has 152 valence electrons. The quantitative estimate of drug-likeness (QED) is 0.736. The lowest BCUT2D eigenvalue weighted by molar-refractivity contribution is -0.185. The van der Waals surface area contributed by atoms with Gasteiger partial charge in [-0.05, 0) is 92.8 Å². The van der Waals surface area contributed by atoms with Crippen LogP contribution in [0.3, 0.4) is 0 Å². The van der Waals surface area contributed by atoms with E-state index in [1.54, 1.807) is 6.92 Å². The second-order valence-corrected chi connectivity index (χ2v) is 10.6. The van der Waals surface area contributed by atoms with Crippen LogP contribution in [0.5, 0.6) is 0 Å². The van der Waals surface area contributed by atoms with Crippen LogP contribution >= 0.6 is 0 Å². The van der Waals surface area contributed by atoms with Gasteiger partial charge in [-0.25, -0.2) is 0 Å². The Hall–Kier alpha value is -0.900. The molecule has 4 heteroatoms. The SMILES string of the molecule is CC(=O)OC1CC[C@@]2(C)C(CC[C@H]3[C@@H]4CC[C@H](C(C)=O)[C@@]4(C)CC(O)[C@@H]32)C1. The van der Waals surface area contributed by atoms with Gasteiger partial charge in [0.05, 0.1) is 6.10 Å². The summed E-state index contributed by atoms with van der Waals surface area (Å²) in [5.74, 6) is 2.24. The van der Waals surface area contributed by atoms with Crippen molar-refractivity contribution < 1.29 is 19.4 Å². The van der Waals surface area contributed by atoms with Crippen molar-refractivity contribution in [3.8, 4) is 0 Å². The molecule has 0 spiro atoms. The van der Waals surface area contributed by atoms with E-state index in [0.29, 0.717) is 29.5 Å². The molecule has 4 saturated carbocycles. The molecule has 0 amide bonds. The third-order valence-corrected chi connectivity index (χ3v) is 9.37. The van der Waals surface area contributed by atoms with Gasteiger partial charge in [0.1, 0.15) is 11.9 Å². The zero-order valence-corrected chi connectivity index (χ0v) is 17.4. The number of carbonyl (C=O) groups excluding carboxylic acids is 2. The van der Waals surface area contributed by atoms with Crippen molar-refractivity contribution in [1.82, 2.24) is 0 Å². The molecule has 0 bridgehead atoms. The van der Waals surface area contributed by atoms with E-state index < -0.39 is 0 Å². The van der Waals surface area contributed by atoms with E-state index in [1.165, 1.54) is 13.3 Å². The molecule has 0 radical (unpaired) electrons. The van der Waals surface area contributed by atoms with Crippen LogP contribution in [-0.4, -0.2) is 29.1 Å². The van der Waals surface area contributed by atoms with Crippen molar-refractivity contribution in [3.05, 3.63) is 0 Å². The first kappa shape index (κ1) is 19.4. The van der Waals surface area contributed by atoms with Crippen LogP contribution in [0.25, 0.3) is 0 Å². The number of hydrogen-bond donors (Lipinski definition) is 1. The lowest BCUT2D eigenvalue weighted by Crippen LogP contribution is -2.59. The molecule has 4 fully saturated rings. The molecular formula is C23H36O4. The van der Waals surface area contributed by atoms with Crippen LogP contribution in [0.1, 0.15) is 79.1 Å². The van der Waals surface area contributed by atoms with E-state index in [0.717, 1.165) is 44.9 Å². The fourth-order valence-corrected chi connectivity index (χ4v) is 8.35. The number of hydrogen-bond acceptors (Lipinski definition) is 4. The van der Waals surface area contributed by atoms with Gasteiger partial charge < -0.3 is 9.84 Å². The van der Waals surface area contributed by atoms with Crippen LogP contribution in [0.15, 0.2) is 0 Å². The Balaban J connectivity index is 1.59. The Morgan fingerprint density at radius 3 is 2.41 bits per heavy atom. The summed E-state index contributed by atoms with van der Waals surface area (Å²) in [5, 5.41) is 11.3. The lowest BCUT2D eigenvalue weighted by Gasteiger charge is -2.62. The Labute approximate surface area is 163 Å². The third kappa shape index (κ3) is 2.89. The molecule has 0 saturated heterocycles. The summed E-state index contributed by atoms with van der Waals surface area (Å²) in [6.45, 7) is 7.91. The van der Waals surface area contributed by atoms with Crippen LogP contribution in [0, 0.1) is 40.4 Å². The summed E-state index contributed by atoms with van der Waals surface area (Å²) in [4.78, 5) is 23.7. The molecule has 0 aromatic heterocycles. The predicted octanol–water partition coefficient (Wildman–Crippen LogP) is 4.14. The van der Waals surface area contributed by atoms with E-state index in [-0.39, 0.29) is 34.9 Å². The standard InChI is InChI=1S/C23H36O4/c1-13(24)18-7-8-19-17-6-5-15-11-16(27-14(2)25)9-10-22(15,3)21(17)20(26)12-23(18,19)4/h15-21,26H,5-12H2,1-4H3/t15?,16?,17-,18+,19-,20?,21+,22-,23+/m0/s1. The normalized spacial score (nSPS) is 51.7. The van der Waals surface area contributed by atoms with Crippen molar-refractivity contribution in [2.24, 2.45) is 40.4 Å². The first-order chi connectivity index (χ1) is 12.7. The number of ether oxygens (including phenoxy) is 1. The van der Waals surface area contributed by atoms with Gasteiger partial charge in [0, 0.05) is 12.8 Å². The Morgan fingerprint density at radius 2 is 1.74 bits per heavy atom. The zero-order chi connectivity index (χ0) is 19.6. The number of carbonyl (C=O) groups is 2. The van der Waals surface area contributed by atoms with E-state index in [2.05, 4.69) is 13.8 Å². The first-order valence-corrected chi connectivity index (χ1v) is 11.0. The topological polar surface area (TPSA) is 63.6 Å². The number of aliphatic hydroxyl groups is 1. The van der Waals surface area contributed by atoms with E-state index in [9.17, 15) is 14.7 Å². The number of ketones is 1. The van der Waals surface area contributed by atoms with Gasteiger partial charge >= 0.3 is 5.97 Å². The average molecular weight is 377 g/mol. The molecular weight excluding hydrogens is 340 g/mol. The Bertz CT molecular complexity index is 630. The molecule has 0 aromatic rings. The smallest absolute Gasteiger partial charge is 0.302 e. The minimum atomic E-state index is -0.311. The van der Waals surface area contributed by atoms with Crippen molar-refractivity contribution in [2.45, 2.75) is 91.3 Å². The van der Waals surface area contributed by atoms with Crippen molar-refractivity contribution in [2.75, 3.05) is 0 Å². The Kier molecular flexibility index (Phi) is 4.73. The average Bonchev–Trinajstić information content (AvgIpc) is 2.91. The molecule has 4 aliphatic carbocycles. The highest BCUT2D eigenvalue weighted by molar-refractivity contribution is 5.79. The van der Waals surface area contributed by atoms with Crippen molar-refractivity contribution >= 4 is 11.8 Å². The molecule has 4 aliphatic rings. The zero-order valence-electron chi connectivity index (χ0n) is 17.4. The van der Waals surface area contributed by atoms with Gasteiger partial charge in [0.15, 0.2) is 0 Å². The first-order valence-electron chi connectivity index (χ1n) is 11.0. The fraction of sp³-hybridized carbons (Fsp3) is 0.913. The van der Waals surface area contributed by atoms with Crippen LogP contribution in [0.2, 0.25) is 0 Å². The van der Waals surface area contributed by atoms with Gasteiger partial charge in [0.25, 0.3) is 0 Å². The summed E-state index contributed by atoms with van der Waals surface area (Å²) in [7, 11) is 0. The van der Waals surface area contributed by atoms with Crippen molar-refractivity contribution in [3.63, 3.8) is 0 Å². The molecule has 0 aromatic carbocycles. The van der Waals surface area contributed by atoms with Crippen LogP contribution < -0.4 is 0 Å². The maximum atomic E-state index is 12.3. The van der Waals surface area contributed by atoms with E-state index in [4.69, 9.17) is 4.74 Å². The number of fused-ring (bicyclic) bond motifs is 5. The van der Waals surface area contributed by atoms with Gasteiger partial charge in [-0.15, -0.1) is 0 Å². The van der Waals surface area contributed by atoms with E-state index >= 15 is 0 Å². The second kappa shape index (κ2) is 6.57. The molecule has 0 heterocycles. The second-order valence-electron chi connectivity index (χ2n) is 10.6. The minimum Gasteiger partial charge on any atom is -0.463 e. The molecule has 9 atom stereocenters. The molecule has 0 aliphatic heterocycles. The highest BCUT2D eigenvalue weighted by Gasteiger charge is 2.63. The molecule has 4 rings (SSSR count). The molecule has 1 N–H and O–H groups in total. The summed E-state index contributed by atoms with van der Waals surface area (Å²) in [5.41, 5.74) is 0.110. The fourth-order valence-electron chi connectivity index (χ4n) is 8.35. The predicted molar refractivity (Wildman–Crippen MR) is 103 cm³/mol. The summed E-state index contributed by atoms with van der Waals surface area (Å²) in [6.07, 6.45) is 7.88. The lowest BCUT2D eigenvalue weighted by atomic mass is 9.44. The Morgan fingerprint density at radius 1 is 1.00 bits per heavy atom. The highest BCUT2D eigenvalue weighted by Crippen LogP contribution is 2.67. The largest absolute Gasteiger partial charge is 0.463 e. The number of rotatable bonds is 2. The summed E-state index contributed by atoms with van der Waals surface area (Å²) < 4.78 is 5.53. The third-order valence-electron chi connectivity index (χ3n) is 9.37. The number of esters is 1. The van der Waals surface area contributed by atoms with Gasteiger partial charge in [-0.3, -0.25) is 9.59 Å². The molecule has 3 unspecified atom stereocenters. The van der Waals surface area contributed by atoms with Gasteiger partial charge in [-0.2, -0.15) is 0 Å². The number of Topliss-reactive ketones (excluding diaryl/α,β-unsaturated/α-hetero) is 1. The van der Waals surface area contributed by atoms with Gasteiger partial charge in [-0.1, -0.05) is 13.8 Å². The molecule has 4 nitrogen and oxygen atoms in total. The highest BCUT2D eigenvalue weighted by atomic mass is 16.5. The van der Waals surface area contributed by atoms with Crippen LogP contribution in [-0.2, 0) is 14.3 Å². The van der Waals surface area contributed by atoms with Gasteiger partial charge in [0.2, 0.25) is 0 Å². The minimum absolute atomic E-state index is 0.0233. The molecule has 27 heavy (non-hydrogen) atoms. The maximum Gasteiger partial charge on any atom is 0.302 e. The van der Waals surface area contributed by atoms with Crippen molar-refractivity contribution in [1.29, 1.82) is 0 Å². The monoisotopic (exact) mass is 376 g/mol.